The van der Waals surface area contributed by atoms with Crippen LogP contribution < -0.4 is 5.32 Å². The van der Waals surface area contributed by atoms with Crippen molar-refractivity contribution in [1.29, 1.82) is 0 Å². The van der Waals surface area contributed by atoms with Crippen molar-refractivity contribution in [3.63, 3.8) is 0 Å². The van der Waals surface area contributed by atoms with E-state index in [1.165, 1.54) is 0 Å². The number of rotatable bonds is 5. The Balaban J connectivity index is 1.37. The minimum Gasteiger partial charge on any atom is -0.350 e. The SMILES string of the molecule is CC(=O)N1CCN(C(=O)CCNC(=O)c2nn(-c3ccccc3C)c3c2CCC3)CC1. The molecule has 0 radical (unpaired) electrons. The van der Waals surface area contributed by atoms with Crippen LogP contribution in [0.25, 0.3) is 5.69 Å². The number of nitrogens with one attached hydrogen (secondary N) is 1. The lowest BCUT2D eigenvalue weighted by Crippen LogP contribution is -2.50. The van der Waals surface area contributed by atoms with E-state index in [0.717, 1.165) is 41.8 Å². The predicted molar refractivity (Wildman–Crippen MR) is 116 cm³/mol. The number of carbonyl (C=O) groups is 3. The number of piperazine rings is 1. The zero-order chi connectivity index (χ0) is 22.0. The number of fused-ring (bicyclic) bond motifs is 1. The van der Waals surface area contributed by atoms with E-state index in [4.69, 9.17) is 0 Å². The molecule has 8 heteroatoms. The van der Waals surface area contributed by atoms with Crippen LogP contribution in [-0.4, -0.2) is 70.0 Å². The van der Waals surface area contributed by atoms with E-state index in [2.05, 4.69) is 10.4 Å². The largest absolute Gasteiger partial charge is 0.350 e. The summed E-state index contributed by atoms with van der Waals surface area (Å²) in [6, 6.07) is 8.03. The van der Waals surface area contributed by atoms with Crippen LogP contribution in [0.2, 0.25) is 0 Å². The summed E-state index contributed by atoms with van der Waals surface area (Å²) in [5.41, 5.74) is 4.71. The number of para-hydroxylation sites is 1. The Morgan fingerprint density at radius 1 is 1.03 bits per heavy atom. The highest BCUT2D eigenvalue weighted by molar-refractivity contribution is 5.94. The van der Waals surface area contributed by atoms with Crippen molar-refractivity contribution in [2.24, 2.45) is 0 Å². The third-order valence-corrected chi connectivity index (χ3v) is 6.19. The molecule has 2 aromatic rings. The van der Waals surface area contributed by atoms with E-state index in [1.54, 1.807) is 16.7 Å². The minimum absolute atomic E-state index is 0.000768. The summed E-state index contributed by atoms with van der Waals surface area (Å²) >= 11 is 0. The van der Waals surface area contributed by atoms with Crippen LogP contribution in [0.15, 0.2) is 24.3 Å². The van der Waals surface area contributed by atoms with Crippen molar-refractivity contribution in [1.82, 2.24) is 24.9 Å². The van der Waals surface area contributed by atoms with E-state index in [9.17, 15) is 14.4 Å². The van der Waals surface area contributed by atoms with Gasteiger partial charge in [0, 0.05) is 57.3 Å². The van der Waals surface area contributed by atoms with Crippen molar-refractivity contribution in [2.75, 3.05) is 32.7 Å². The second kappa shape index (κ2) is 8.91. The topological polar surface area (TPSA) is 87.5 Å². The lowest BCUT2D eigenvalue weighted by Gasteiger charge is -2.34. The summed E-state index contributed by atoms with van der Waals surface area (Å²) in [7, 11) is 0. The van der Waals surface area contributed by atoms with Crippen molar-refractivity contribution in [3.8, 4) is 5.69 Å². The van der Waals surface area contributed by atoms with Crippen LogP contribution in [0.5, 0.6) is 0 Å². The maximum atomic E-state index is 12.9. The molecule has 0 atom stereocenters. The Morgan fingerprint density at radius 2 is 1.74 bits per heavy atom. The number of aromatic nitrogens is 2. The quantitative estimate of drug-likeness (QED) is 0.789. The zero-order valence-corrected chi connectivity index (χ0v) is 18.2. The van der Waals surface area contributed by atoms with E-state index < -0.39 is 0 Å². The Hall–Kier alpha value is -3.16. The van der Waals surface area contributed by atoms with Crippen LogP contribution >= 0.6 is 0 Å². The van der Waals surface area contributed by atoms with Crippen LogP contribution in [-0.2, 0) is 22.4 Å². The van der Waals surface area contributed by atoms with Gasteiger partial charge in [-0.05, 0) is 37.8 Å². The fraction of sp³-hybridized carbons (Fsp3) is 0.478. The van der Waals surface area contributed by atoms with Crippen molar-refractivity contribution in [2.45, 2.75) is 39.5 Å². The monoisotopic (exact) mass is 423 g/mol. The molecule has 1 fully saturated rings. The summed E-state index contributed by atoms with van der Waals surface area (Å²) < 4.78 is 1.91. The summed E-state index contributed by atoms with van der Waals surface area (Å²) in [5, 5.41) is 7.53. The van der Waals surface area contributed by atoms with Gasteiger partial charge in [0.2, 0.25) is 11.8 Å². The smallest absolute Gasteiger partial charge is 0.272 e. The second-order valence-electron chi connectivity index (χ2n) is 8.22. The molecule has 31 heavy (non-hydrogen) atoms. The molecule has 4 rings (SSSR count). The molecule has 0 unspecified atom stereocenters. The van der Waals surface area contributed by atoms with Gasteiger partial charge < -0.3 is 15.1 Å². The first kappa shape index (κ1) is 21.1. The molecule has 2 heterocycles. The third-order valence-electron chi connectivity index (χ3n) is 6.19. The van der Waals surface area contributed by atoms with Crippen LogP contribution in [0, 0.1) is 6.92 Å². The summed E-state index contributed by atoms with van der Waals surface area (Å²) in [4.78, 5) is 40.2. The number of hydrogen-bond donors (Lipinski definition) is 1. The molecule has 1 saturated heterocycles. The highest BCUT2D eigenvalue weighted by atomic mass is 16.2. The Bertz CT molecular complexity index is 1000. The van der Waals surface area contributed by atoms with E-state index >= 15 is 0 Å². The Kier molecular flexibility index (Phi) is 6.06. The van der Waals surface area contributed by atoms with Gasteiger partial charge in [-0.15, -0.1) is 0 Å². The molecule has 0 saturated carbocycles. The van der Waals surface area contributed by atoms with E-state index in [1.807, 2.05) is 35.9 Å². The van der Waals surface area contributed by atoms with Crippen molar-refractivity contribution >= 4 is 17.7 Å². The zero-order valence-electron chi connectivity index (χ0n) is 18.2. The fourth-order valence-corrected chi connectivity index (χ4v) is 4.42. The van der Waals surface area contributed by atoms with Gasteiger partial charge in [-0.3, -0.25) is 14.4 Å². The van der Waals surface area contributed by atoms with Crippen LogP contribution in [0.3, 0.4) is 0 Å². The molecular weight excluding hydrogens is 394 g/mol. The van der Waals surface area contributed by atoms with E-state index in [0.29, 0.717) is 31.9 Å². The van der Waals surface area contributed by atoms with Gasteiger partial charge in [0.15, 0.2) is 5.69 Å². The molecular formula is C23H29N5O3. The lowest BCUT2D eigenvalue weighted by molar-refractivity contribution is -0.138. The normalized spacial score (nSPS) is 15.7. The minimum atomic E-state index is -0.223. The van der Waals surface area contributed by atoms with Gasteiger partial charge in [0.1, 0.15) is 0 Å². The fourth-order valence-electron chi connectivity index (χ4n) is 4.42. The van der Waals surface area contributed by atoms with E-state index in [-0.39, 0.29) is 30.7 Å². The Labute approximate surface area is 182 Å². The standard InChI is InChI=1S/C23H29N5O3/c1-16-6-3-4-8-19(16)28-20-9-5-7-18(20)22(25-28)23(31)24-11-10-21(30)27-14-12-26(13-15-27)17(2)29/h3-4,6,8H,5,7,9-15H2,1-2H3,(H,24,31). The van der Waals surface area contributed by atoms with Gasteiger partial charge in [0.05, 0.1) is 5.69 Å². The number of hydrogen-bond acceptors (Lipinski definition) is 4. The average Bonchev–Trinajstić information content (AvgIpc) is 3.37. The van der Waals surface area contributed by atoms with Gasteiger partial charge >= 0.3 is 0 Å². The van der Waals surface area contributed by atoms with Crippen LogP contribution in [0.4, 0.5) is 0 Å². The number of aryl methyl sites for hydroxylation is 1. The second-order valence-corrected chi connectivity index (χ2v) is 8.22. The van der Waals surface area contributed by atoms with Gasteiger partial charge in [0.25, 0.3) is 5.91 Å². The molecule has 1 aromatic heterocycles. The number of carbonyl (C=O) groups excluding carboxylic acids is 3. The molecule has 8 nitrogen and oxygen atoms in total. The van der Waals surface area contributed by atoms with Gasteiger partial charge in [-0.2, -0.15) is 5.10 Å². The van der Waals surface area contributed by atoms with Crippen molar-refractivity contribution in [3.05, 3.63) is 46.8 Å². The first-order valence-electron chi connectivity index (χ1n) is 10.9. The molecule has 164 valence electrons. The maximum absolute atomic E-state index is 12.9. The highest BCUT2D eigenvalue weighted by Gasteiger charge is 2.27. The number of amides is 3. The molecule has 3 amide bonds. The predicted octanol–water partition coefficient (Wildman–Crippen LogP) is 1.48. The maximum Gasteiger partial charge on any atom is 0.272 e. The van der Waals surface area contributed by atoms with Crippen molar-refractivity contribution < 1.29 is 14.4 Å². The molecule has 1 aliphatic carbocycles. The highest BCUT2D eigenvalue weighted by Crippen LogP contribution is 2.28. The molecule has 2 aliphatic rings. The Morgan fingerprint density at radius 3 is 2.45 bits per heavy atom. The van der Waals surface area contributed by atoms with Gasteiger partial charge in [-0.25, -0.2) is 4.68 Å². The summed E-state index contributed by atoms with van der Waals surface area (Å²) in [6.45, 7) is 6.08. The summed E-state index contributed by atoms with van der Waals surface area (Å²) in [5.74, 6) is -0.184. The first-order valence-corrected chi connectivity index (χ1v) is 10.9. The van der Waals surface area contributed by atoms with Crippen LogP contribution in [0.1, 0.15) is 47.1 Å². The molecule has 1 aromatic carbocycles. The lowest BCUT2D eigenvalue weighted by atomic mass is 10.1. The average molecular weight is 424 g/mol. The number of nitrogens with zero attached hydrogens (tertiary/aromatic N) is 4. The molecule has 1 aliphatic heterocycles. The summed E-state index contributed by atoms with van der Waals surface area (Å²) in [6.07, 6.45) is 3.02. The molecule has 1 N–H and O–H groups in total. The number of benzene rings is 1. The van der Waals surface area contributed by atoms with Gasteiger partial charge in [-0.1, -0.05) is 18.2 Å². The third kappa shape index (κ3) is 4.33. The molecule has 0 bridgehead atoms. The first-order chi connectivity index (χ1) is 15.0. The molecule has 0 spiro atoms.